The van der Waals surface area contributed by atoms with Crippen LogP contribution in [0, 0.1) is 12.7 Å². The molecule has 8 nitrogen and oxygen atoms in total. The first-order valence-corrected chi connectivity index (χ1v) is 11.9. The molecule has 2 fully saturated rings. The van der Waals surface area contributed by atoms with E-state index in [-0.39, 0.29) is 31.2 Å². The number of benzene rings is 2. The molecule has 2 saturated heterocycles. The summed E-state index contributed by atoms with van der Waals surface area (Å²) in [6, 6.07) is 8.17. The Morgan fingerprint density at radius 3 is 2.60 bits per heavy atom. The summed E-state index contributed by atoms with van der Waals surface area (Å²) in [5.41, 5.74) is 3.99. The Hall–Kier alpha value is -3.46. The molecule has 5 rings (SSSR count). The lowest BCUT2D eigenvalue weighted by atomic mass is 10.0. The standard InChI is InChI=1S/C26H29FN4O4/c1-16-4-3-5-17(24(16)35-2)14-29-8-10-30(11-9-29)22-13-18(27)12-19-20(22)15-31(26(19)34)21-6-7-23(32)28-25(21)33/h3-5,12-13,21H,6-11,14-15H2,1-2H3,(H,28,32,33). The average molecular weight is 481 g/mol. The number of hydrogen-bond acceptors (Lipinski definition) is 6. The van der Waals surface area contributed by atoms with E-state index in [0.717, 1.165) is 42.1 Å². The van der Waals surface area contributed by atoms with Crippen molar-refractivity contribution >= 4 is 23.4 Å². The van der Waals surface area contributed by atoms with Gasteiger partial charge < -0.3 is 14.5 Å². The number of piperazine rings is 1. The second kappa shape index (κ2) is 9.30. The number of carbonyl (C=O) groups is 3. The third-order valence-corrected chi connectivity index (χ3v) is 7.20. The molecule has 0 saturated carbocycles. The van der Waals surface area contributed by atoms with E-state index in [1.807, 2.05) is 19.1 Å². The highest BCUT2D eigenvalue weighted by molar-refractivity contribution is 6.06. The molecule has 3 amide bonds. The smallest absolute Gasteiger partial charge is 0.255 e. The number of halogens is 1. The van der Waals surface area contributed by atoms with Crippen molar-refractivity contribution in [2.24, 2.45) is 0 Å². The zero-order valence-corrected chi connectivity index (χ0v) is 20.0. The zero-order valence-electron chi connectivity index (χ0n) is 20.0. The summed E-state index contributed by atoms with van der Waals surface area (Å²) in [5, 5.41) is 2.31. The first-order chi connectivity index (χ1) is 16.9. The van der Waals surface area contributed by atoms with Gasteiger partial charge in [0.1, 0.15) is 17.6 Å². The maximum absolute atomic E-state index is 14.6. The highest BCUT2D eigenvalue weighted by Crippen LogP contribution is 2.36. The number of anilines is 1. The molecule has 1 atom stereocenters. The summed E-state index contributed by atoms with van der Waals surface area (Å²) >= 11 is 0. The Labute approximate surface area is 203 Å². The van der Waals surface area contributed by atoms with Gasteiger partial charge in [0.15, 0.2) is 0 Å². The monoisotopic (exact) mass is 480 g/mol. The van der Waals surface area contributed by atoms with Crippen LogP contribution in [0.25, 0.3) is 0 Å². The predicted molar refractivity (Wildman–Crippen MR) is 128 cm³/mol. The summed E-state index contributed by atoms with van der Waals surface area (Å²) in [4.78, 5) is 42.9. The number of amides is 3. The molecule has 184 valence electrons. The molecule has 3 aliphatic heterocycles. The number of rotatable bonds is 5. The topological polar surface area (TPSA) is 82.2 Å². The molecule has 3 aliphatic rings. The number of para-hydroxylation sites is 1. The molecule has 9 heteroatoms. The molecule has 0 aliphatic carbocycles. The van der Waals surface area contributed by atoms with Crippen LogP contribution in [0.4, 0.5) is 10.1 Å². The van der Waals surface area contributed by atoms with Crippen LogP contribution in [0.5, 0.6) is 5.75 Å². The van der Waals surface area contributed by atoms with Gasteiger partial charge in [-0.15, -0.1) is 0 Å². The van der Waals surface area contributed by atoms with Crippen LogP contribution in [0.15, 0.2) is 30.3 Å². The molecular formula is C26H29FN4O4. The number of hydrogen-bond donors (Lipinski definition) is 1. The van der Waals surface area contributed by atoms with Gasteiger partial charge in [-0.25, -0.2) is 4.39 Å². The fourth-order valence-electron chi connectivity index (χ4n) is 5.41. The molecule has 2 aromatic rings. The zero-order chi connectivity index (χ0) is 24.7. The third kappa shape index (κ3) is 4.36. The lowest BCUT2D eigenvalue weighted by Crippen LogP contribution is -2.52. The SMILES string of the molecule is COc1c(C)cccc1CN1CCN(c2cc(F)cc3c2CN(C2CCC(=O)NC2=O)C3=O)CC1. The number of ether oxygens (including phenoxy) is 1. The number of carbonyl (C=O) groups excluding carboxylic acids is 3. The largest absolute Gasteiger partial charge is 0.496 e. The number of methoxy groups -OCH3 is 1. The molecule has 2 aromatic carbocycles. The third-order valence-electron chi connectivity index (χ3n) is 7.20. The van der Waals surface area contributed by atoms with Crippen molar-refractivity contribution < 1.29 is 23.5 Å². The summed E-state index contributed by atoms with van der Waals surface area (Å²) in [7, 11) is 1.69. The Morgan fingerprint density at radius 1 is 1.11 bits per heavy atom. The number of nitrogens with one attached hydrogen (secondary N) is 1. The number of piperidine rings is 1. The number of aryl methyl sites for hydroxylation is 1. The van der Waals surface area contributed by atoms with Gasteiger partial charge in [-0.05, 0) is 31.0 Å². The van der Waals surface area contributed by atoms with Crippen LogP contribution < -0.4 is 15.0 Å². The molecule has 3 heterocycles. The average Bonchev–Trinajstić information content (AvgIpc) is 3.15. The molecule has 1 N–H and O–H groups in total. The maximum Gasteiger partial charge on any atom is 0.255 e. The van der Waals surface area contributed by atoms with Gasteiger partial charge >= 0.3 is 0 Å². The normalized spacial score (nSPS) is 20.8. The van der Waals surface area contributed by atoms with Crippen LogP contribution in [0.1, 0.15) is 39.9 Å². The Morgan fingerprint density at radius 2 is 1.89 bits per heavy atom. The lowest BCUT2D eigenvalue weighted by Gasteiger charge is -2.37. The van der Waals surface area contributed by atoms with Crippen molar-refractivity contribution in [2.75, 3.05) is 38.2 Å². The van der Waals surface area contributed by atoms with Gasteiger partial charge in [-0.1, -0.05) is 18.2 Å². The Balaban J connectivity index is 1.31. The number of imide groups is 1. The van der Waals surface area contributed by atoms with Crippen LogP contribution in [0.3, 0.4) is 0 Å². The predicted octanol–water partition coefficient (Wildman–Crippen LogP) is 2.23. The molecule has 35 heavy (non-hydrogen) atoms. The van der Waals surface area contributed by atoms with E-state index in [4.69, 9.17) is 4.74 Å². The van der Waals surface area contributed by atoms with Gasteiger partial charge in [0.25, 0.3) is 5.91 Å². The first kappa shape index (κ1) is 23.3. The van der Waals surface area contributed by atoms with Crippen molar-refractivity contribution in [3.05, 3.63) is 58.4 Å². The van der Waals surface area contributed by atoms with Crippen molar-refractivity contribution in [1.29, 1.82) is 0 Å². The van der Waals surface area contributed by atoms with E-state index in [9.17, 15) is 18.8 Å². The molecule has 0 aromatic heterocycles. The van der Waals surface area contributed by atoms with E-state index in [0.29, 0.717) is 24.3 Å². The molecule has 0 spiro atoms. The minimum atomic E-state index is -0.718. The summed E-state index contributed by atoms with van der Waals surface area (Å²) < 4.78 is 20.2. The van der Waals surface area contributed by atoms with Crippen LogP contribution >= 0.6 is 0 Å². The van der Waals surface area contributed by atoms with Gasteiger partial charge in [0.05, 0.1) is 7.11 Å². The summed E-state index contributed by atoms with van der Waals surface area (Å²) in [6.45, 7) is 5.98. The highest BCUT2D eigenvalue weighted by atomic mass is 19.1. The summed E-state index contributed by atoms with van der Waals surface area (Å²) in [6.07, 6.45) is 0.467. The maximum atomic E-state index is 14.6. The van der Waals surface area contributed by atoms with Gasteiger partial charge in [0.2, 0.25) is 11.8 Å². The molecular weight excluding hydrogens is 451 g/mol. The minimum Gasteiger partial charge on any atom is -0.496 e. The quantitative estimate of drug-likeness (QED) is 0.661. The van der Waals surface area contributed by atoms with Gasteiger partial charge in [0, 0.05) is 68.1 Å². The molecule has 1 unspecified atom stereocenters. The van der Waals surface area contributed by atoms with Crippen molar-refractivity contribution in [2.45, 2.75) is 38.9 Å². The van der Waals surface area contributed by atoms with Crippen LogP contribution in [-0.4, -0.2) is 66.9 Å². The van der Waals surface area contributed by atoms with Crippen molar-refractivity contribution in [3.8, 4) is 5.75 Å². The highest BCUT2D eigenvalue weighted by Gasteiger charge is 2.41. The van der Waals surface area contributed by atoms with E-state index in [2.05, 4.69) is 21.2 Å². The van der Waals surface area contributed by atoms with Gasteiger partial charge in [-0.2, -0.15) is 0 Å². The Kier molecular flexibility index (Phi) is 6.19. The van der Waals surface area contributed by atoms with E-state index >= 15 is 0 Å². The minimum absolute atomic E-state index is 0.186. The van der Waals surface area contributed by atoms with Crippen LogP contribution in [-0.2, 0) is 22.7 Å². The second-order valence-corrected chi connectivity index (χ2v) is 9.38. The number of nitrogens with zero attached hydrogens (tertiary/aromatic N) is 3. The fourth-order valence-corrected chi connectivity index (χ4v) is 5.41. The fraction of sp³-hybridized carbons (Fsp3) is 0.423. The van der Waals surface area contributed by atoms with E-state index < -0.39 is 17.8 Å². The summed E-state index contributed by atoms with van der Waals surface area (Å²) in [5.74, 6) is -0.720. The second-order valence-electron chi connectivity index (χ2n) is 9.38. The van der Waals surface area contributed by atoms with E-state index in [1.165, 1.54) is 17.0 Å². The Bertz CT molecular complexity index is 1190. The van der Waals surface area contributed by atoms with Crippen molar-refractivity contribution in [3.63, 3.8) is 0 Å². The molecule has 0 radical (unpaired) electrons. The van der Waals surface area contributed by atoms with Crippen molar-refractivity contribution in [1.82, 2.24) is 15.1 Å². The van der Waals surface area contributed by atoms with Crippen LogP contribution in [0.2, 0.25) is 0 Å². The van der Waals surface area contributed by atoms with Gasteiger partial charge in [-0.3, -0.25) is 24.6 Å². The first-order valence-electron chi connectivity index (χ1n) is 11.9. The molecule has 0 bridgehead atoms. The lowest BCUT2D eigenvalue weighted by molar-refractivity contribution is -0.136. The van der Waals surface area contributed by atoms with E-state index in [1.54, 1.807) is 7.11 Å². The number of fused-ring (bicyclic) bond motifs is 1.